The van der Waals surface area contributed by atoms with Gasteiger partial charge in [-0.05, 0) is 31.9 Å². The van der Waals surface area contributed by atoms with Crippen molar-refractivity contribution in [2.24, 2.45) is 0 Å². The molecule has 1 aliphatic heterocycles. The Bertz CT molecular complexity index is 972. The van der Waals surface area contributed by atoms with E-state index in [1.807, 2.05) is 43.3 Å². The molecule has 2 heterocycles. The van der Waals surface area contributed by atoms with Gasteiger partial charge in [0.2, 0.25) is 16.0 Å². The molecule has 1 saturated carbocycles. The van der Waals surface area contributed by atoms with Crippen LogP contribution in [0.2, 0.25) is 0 Å². The van der Waals surface area contributed by atoms with E-state index in [2.05, 4.69) is 15.2 Å². The summed E-state index contributed by atoms with van der Waals surface area (Å²) in [6.07, 6.45) is 6.14. The van der Waals surface area contributed by atoms with Gasteiger partial charge in [0.05, 0.1) is 5.75 Å². The summed E-state index contributed by atoms with van der Waals surface area (Å²) in [7, 11) is -3.36. The zero-order chi connectivity index (χ0) is 22.4. The van der Waals surface area contributed by atoms with E-state index in [-0.39, 0.29) is 12.4 Å². The molecule has 8 nitrogen and oxygen atoms in total. The van der Waals surface area contributed by atoms with Crippen molar-refractivity contribution in [3.63, 3.8) is 0 Å². The van der Waals surface area contributed by atoms with E-state index in [1.165, 1.54) is 19.3 Å². The highest BCUT2D eigenvalue weighted by Gasteiger charge is 2.28. The maximum atomic E-state index is 12.7. The summed E-state index contributed by atoms with van der Waals surface area (Å²) in [5.74, 6) is 2.20. The Labute approximate surface area is 191 Å². The highest BCUT2D eigenvalue weighted by molar-refractivity contribution is 7.89. The molecule has 1 aliphatic carbocycles. The molecule has 1 N–H and O–H groups in total. The van der Waals surface area contributed by atoms with Gasteiger partial charge in [-0.2, -0.15) is 9.29 Å². The topological polar surface area (TPSA) is 87.7 Å². The van der Waals surface area contributed by atoms with E-state index in [9.17, 15) is 8.42 Å². The summed E-state index contributed by atoms with van der Waals surface area (Å²) >= 11 is 0. The first kappa shape index (κ1) is 22.8. The molecule has 0 bridgehead atoms. The number of anilines is 2. The molecular formula is C23H33N5O3S. The van der Waals surface area contributed by atoms with Gasteiger partial charge < -0.3 is 15.0 Å². The van der Waals surface area contributed by atoms with Gasteiger partial charge in [-0.3, -0.25) is 0 Å². The number of piperazine rings is 1. The van der Waals surface area contributed by atoms with Crippen molar-refractivity contribution < 1.29 is 13.2 Å². The van der Waals surface area contributed by atoms with Gasteiger partial charge in [-0.25, -0.2) is 13.4 Å². The third-order valence-electron chi connectivity index (χ3n) is 6.09. The normalized spacial score (nSPS) is 18.5. The Morgan fingerprint density at radius 2 is 1.75 bits per heavy atom. The van der Waals surface area contributed by atoms with Crippen molar-refractivity contribution in [2.75, 3.05) is 48.8 Å². The molecule has 2 fully saturated rings. The van der Waals surface area contributed by atoms with Crippen LogP contribution in [-0.4, -0.2) is 67.3 Å². The van der Waals surface area contributed by atoms with Gasteiger partial charge in [0, 0.05) is 44.0 Å². The molecule has 0 radical (unpaired) electrons. The number of sulfonamides is 1. The predicted octanol–water partition coefficient (Wildman–Crippen LogP) is 3.06. The molecule has 1 aromatic heterocycles. The molecule has 0 unspecified atom stereocenters. The van der Waals surface area contributed by atoms with Crippen LogP contribution in [0.4, 0.5) is 11.8 Å². The zero-order valence-electron chi connectivity index (χ0n) is 18.7. The second kappa shape index (κ2) is 10.5. The summed E-state index contributed by atoms with van der Waals surface area (Å²) in [5, 5.41) is 3.50. The zero-order valence-corrected chi connectivity index (χ0v) is 19.6. The Balaban J connectivity index is 1.30. The molecule has 174 valence electrons. The van der Waals surface area contributed by atoms with Crippen LogP contribution >= 0.6 is 0 Å². The fraction of sp³-hybridized carbons (Fsp3) is 0.565. The third kappa shape index (κ3) is 6.10. The highest BCUT2D eigenvalue weighted by Crippen LogP contribution is 2.23. The highest BCUT2D eigenvalue weighted by atomic mass is 32.2. The van der Waals surface area contributed by atoms with Crippen molar-refractivity contribution in [1.29, 1.82) is 0 Å². The standard InChI is InChI=1S/C23H33N5O3S/c1-19-18-22(26-23(24-19)25-20-8-4-2-5-9-20)27-12-14-28(15-13-27)32(29,30)17-16-31-21-10-6-3-7-11-21/h3,6-7,10-11,18,20H,2,4-5,8-9,12-17H2,1H3,(H,24,25,26). The maximum Gasteiger partial charge on any atom is 0.225 e. The summed E-state index contributed by atoms with van der Waals surface area (Å²) in [5.41, 5.74) is 0.918. The van der Waals surface area contributed by atoms with Gasteiger partial charge in [0.15, 0.2) is 0 Å². The van der Waals surface area contributed by atoms with Crippen LogP contribution in [0.5, 0.6) is 5.75 Å². The molecule has 0 atom stereocenters. The molecular weight excluding hydrogens is 426 g/mol. The smallest absolute Gasteiger partial charge is 0.225 e. The minimum absolute atomic E-state index is 0.0238. The van der Waals surface area contributed by atoms with Crippen molar-refractivity contribution in [2.45, 2.75) is 45.1 Å². The SMILES string of the molecule is Cc1cc(N2CCN(S(=O)(=O)CCOc3ccccc3)CC2)nc(NC2CCCCC2)n1. The number of para-hydroxylation sites is 1. The first-order valence-electron chi connectivity index (χ1n) is 11.5. The van der Waals surface area contributed by atoms with Gasteiger partial charge in [0.1, 0.15) is 18.2 Å². The number of rotatable bonds is 8. The van der Waals surface area contributed by atoms with E-state index in [1.54, 1.807) is 4.31 Å². The Morgan fingerprint density at radius 3 is 2.47 bits per heavy atom. The maximum absolute atomic E-state index is 12.7. The van der Waals surface area contributed by atoms with Crippen LogP contribution in [0.25, 0.3) is 0 Å². The van der Waals surface area contributed by atoms with Crippen LogP contribution in [0.1, 0.15) is 37.8 Å². The van der Waals surface area contributed by atoms with Crippen LogP contribution in [-0.2, 0) is 10.0 Å². The number of aromatic nitrogens is 2. The van der Waals surface area contributed by atoms with Crippen LogP contribution in [0.3, 0.4) is 0 Å². The van der Waals surface area contributed by atoms with Gasteiger partial charge >= 0.3 is 0 Å². The monoisotopic (exact) mass is 459 g/mol. The Hall–Kier alpha value is -2.39. The summed E-state index contributed by atoms with van der Waals surface area (Å²) in [6.45, 7) is 4.24. The Kier molecular flexibility index (Phi) is 7.47. The van der Waals surface area contributed by atoms with Crippen molar-refractivity contribution in [3.05, 3.63) is 42.1 Å². The number of hydrogen-bond donors (Lipinski definition) is 1. The number of aryl methyl sites for hydroxylation is 1. The van der Waals surface area contributed by atoms with Crippen molar-refractivity contribution in [3.8, 4) is 5.75 Å². The largest absolute Gasteiger partial charge is 0.492 e. The lowest BCUT2D eigenvalue weighted by Gasteiger charge is -2.35. The lowest BCUT2D eigenvalue weighted by Crippen LogP contribution is -2.50. The van der Waals surface area contributed by atoms with Gasteiger partial charge in [-0.1, -0.05) is 37.5 Å². The summed E-state index contributed by atoms with van der Waals surface area (Å²) in [6, 6.07) is 11.7. The lowest BCUT2D eigenvalue weighted by atomic mass is 9.96. The quantitative estimate of drug-likeness (QED) is 0.649. The van der Waals surface area contributed by atoms with Crippen LogP contribution in [0.15, 0.2) is 36.4 Å². The molecule has 9 heteroatoms. The first-order valence-corrected chi connectivity index (χ1v) is 13.1. The fourth-order valence-electron chi connectivity index (χ4n) is 4.31. The molecule has 4 rings (SSSR count). The second-order valence-corrected chi connectivity index (χ2v) is 10.6. The molecule has 1 saturated heterocycles. The Morgan fingerprint density at radius 1 is 1.03 bits per heavy atom. The third-order valence-corrected chi connectivity index (χ3v) is 7.92. The van der Waals surface area contributed by atoms with E-state index in [0.29, 0.717) is 43.9 Å². The minimum Gasteiger partial charge on any atom is -0.492 e. The molecule has 32 heavy (non-hydrogen) atoms. The molecule has 2 aliphatic rings. The second-order valence-electron chi connectivity index (χ2n) is 8.53. The molecule has 2 aromatic rings. The number of nitrogens with one attached hydrogen (secondary N) is 1. The number of hydrogen-bond acceptors (Lipinski definition) is 7. The predicted molar refractivity (Wildman–Crippen MR) is 127 cm³/mol. The van der Waals surface area contributed by atoms with Crippen LogP contribution < -0.4 is 15.0 Å². The van der Waals surface area contributed by atoms with Crippen molar-refractivity contribution >= 4 is 21.8 Å². The molecule has 0 amide bonds. The number of ether oxygens (including phenoxy) is 1. The molecule has 1 aromatic carbocycles. The van der Waals surface area contributed by atoms with Crippen LogP contribution in [0, 0.1) is 6.92 Å². The number of nitrogens with zero attached hydrogens (tertiary/aromatic N) is 4. The van der Waals surface area contributed by atoms with E-state index >= 15 is 0 Å². The fourth-order valence-corrected chi connectivity index (χ4v) is 5.59. The lowest BCUT2D eigenvalue weighted by molar-refractivity contribution is 0.331. The van der Waals surface area contributed by atoms with E-state index in [4.69, 9.17) is 9.72 Å². The van der Waals surface area contributed by atoms with Crippen molar-refractivity contribution in [1.82, 2.24) is 14.3 Å². The first-order chi connectivity index (χ1) is 15.5. The summed E-state index contributed by atoms with van der Waals surface area (Å²) < 4.78 is 32.6. The average molecular weight is 460 g/mol. The van der Waals surface area contributed by atoms with Gasteiger partial charge in [-0.15, -0.1) is 0 Å². The minimum atomic E-state index is -3.36. The average Bonchev–Trinajstić information content (AvgIpc) is 2.80. The van der Waals surface area contributed by atoms with E-state index in [0.717, 1.165) is 24.4 Å². The summed E-state index contributed by atoms with van der Waals surface area (Å²) in [4.78, 5) is 11.5. The molecule has 0 spiro atoms. The van der Waals surface area contributed by atoms with E-state index < -0.39 is 10.0 Å². The number of benzene rings is 1. The van der Waals surface area contributed by atoms with Gasteiger partial charge in [0.25, 0.3) is 0 Å².